The minimum absolute atomic E-state index is 0.0934. The van der Waals surface area contributed by atoms with E-state index in [1.54, 1.807) is 0 Å². The number of hydrogen-bond acceptors (Lipinski definition) is 6. The summed E-state index contributed by atoms with van der Waals surface area (Å²) in [5.74, 6) is -0.941. The Morgan fingerprint density at radius 3 is 1.26 bits per heavy atom. The third-order valence-electron chi connectivity index (χ3n) is 9.99. The van der Waals surface area contributed by atoms with Crippen LogP contribution < -0.4 is 0 Å². The number of carbonyl (C=O) groups excluding carboxylic acids is 3. The van der Waals surface area contributed by atoms with Crippen LogP contribution in [0.5, 0.6) is 0 Å². The quantitative estimate of drug-likeness (QED) is 0.0201. The third kappa shape index (κ3) is 44.0. The molecule has 1 unspecified atom stereocenters. The number of rotatable bonds is 42. The number of hydrogen-bond donors (Lipinski definition) is 0. The predicted octanol–water partition coefficient (Wildman–Crippen LogP) is 15.5. The Bertz CT molecular complexity index is 1110. The molecule has 0 aliphatic rings. The van der Waals surface area contributed by atoms with Gasteiger partial charge in [-0.25, -0.2) is 0 Å². The van der Waals surface area contributed by atoms with Crippen LogP contribution in [0.25, 0.3) is 0 Å². The van der Waals surface area contributed by atoms with Crippen LogP contribution in [0, 0.1) is 0 Å². The summed E-state index contributed by atoms with van der Waals surface area (Å²) in [6.45, 7) is 6.34. The van der Waals surface area contributed by atoms with E-state index in [1.165, 1.54) is 64.2 Å². The van der Waals surface area contributed by atoms with Crippen LogP contribution >= 0.6 is 0 Å². The van der Waals surface area contributed by atoms with Gasteiger partial charge in [0.05, 0.1) is 0 Å². The van der Waals surface area contributed by atoms with Crippen molar-refractivity contribution in [3.05, 3.63) is 72.9 Å². The van der Waals surface area contributed by atoms with Gasteiger partial charge in [0.25, 0.3) is 0 Å². The second kappa shape index (κ2) is 46.5. The number of esters is 3. The first-order valence-corrected chi connectivity index (χ1v) is 24.0. The zero-order valence-corrected chi connectivity index (χ0v) is 37.8. The fourth-order valence-electron chi connectivity index (χ4n) is 6.41. The summed E-state index contributed by atoms with van der Waals surface area (Å²) >= 11 is 0. The van der Waals surface area contributed by atoms with Gasteiger partial charge in [0, 0.05) is 19.3 Å². The van der Waals surface area contributed by atoms with Crippen molar-refractivity contribution in [1.29, 1.82) is 0 Å². The average molecular weight is 809 g/mol. The second-order valence-corrected chi connectivity index (χ2v) is 15.7. The molecule has 0 rings (SSSR count). The first-order valence-electron chi connectivity index (χ1n) is 24.0. The molecule has 0 heterocycles. The molecule has 58 heavy (non-hydrogen) atoms. The van der Waals surface area contributed by atoms with Gasteiger partial charge in [0.15, 0.2) is 6.10 Å². The lowest BCUT2D eigenvalue weighted by Crippen LogP contribution is -2.30. The summed E-state index contributed by atoms with van der Waals surface area (Å²) in [5.41, 5.74) is 0. The standard InChI is InChI=1S/C52H88O6/c1-4-7-10-13-16-19-22-25-28-30-33-36-39-42-45-51(54)57-48-49(58-52(55)46-43-40-37-34-31-27-24-21-18-15-12-9-6-3)47-56-50(53)44-41-38-35-32-29-26-23-20-17-14-11-8-5-2/h7,9-10,12,15-16,18-19,21,24,26,29,49H,4-6,8,11,13-14,17,20,22-23,25,27-28,30-48H2,1-3H3/b10-7-,12-9-,18-15-,19-16-,24-21-,29-26-. The Morgan fingerprint density at radius 1 is 0.379 bits per heavy atom. The van der Waals surface area contributed by atoms with Crippen LogP contribution in [-0.2, 0) is 28.6 Å². The highest BCUT2D eigenvalue weighted by Crippen LogP contribution is 2.13. The third-order valence-corrected chi connectivity index (χ3v) is 9.99. The number of ether oxygens (including phenoxy) is 3. The van der Waals surface area contributed by atoms with Crippen LogP contribution in [0.3, 0.4) is 0 Å². The fourth-order valence-corrected chi connectivity index (χ4v) is 6.41. The van der Waals surface area contributed by atoms with Gasteiger partial charge in [0.2, 0.25) is 0 Å². The Morgan fingerprint density at radius 2 is 0.759 bits per heavy atom. The molecule has 332 valence electrons. The molecule has 0 saturated carbocycles. The van der Waals surface area contributed by atoms with Gasteiger partial charge in [-0.15, -0.1) is 0 Å². The highest BCUT2D eigenvalue weighted by molar-refractivity contribution is 5.71. The smallest absolute Gasteiger partial charge is 0.306 e. The van der Waals surface area contributed by atoms with Crippen LogP contribution in [0.2, 0.25) is 0 Å². The molecule has 0 N–H and O–H groups in total. The van der Waals surface area contributed by atoms with Crippen molar-refractivity contribution in [2.24, 2.45) is 0 Å². The maximum absolute atomic E-state index is 12.7. The molecule has 0 fully saturated rings. The fraction of sp³-hybridized carbons (Fsp3) is 0.712. The molecular weight excluding hydrogens is 721 g/mol. The molecule has 0 aliphatic carbocycles. The van der Waals surface area contributed by atoms with Gasteiger partial charge in [0.1, 0.15) is 13.2 Å². The highest BCUT2D eigenvalue weighted by Gasteiger charge is 2.19. The highest BCUT2D eigenvalue weighted by atomic mass is 16.6. The number of carbonyl (C=O) groups is 3. The summed E-state index contributed by atoms with van der Waals surface area (Å²) < 4.78 is 16.7. The van der Waals surface area contributed by atoms with Crippen LogP contribution in [0.15, 0.2) is 72.9 Å². The van der Waals surface area contributed by atoms with Crippen molar-refractivity contribution in [3.8, 4) is 0 Å². The Hall–Kier alpha value is -3.15. The van der Waals surface area contributed by atoms with E-state index in [9.17, 15) is 14.4 Å². The molecule has 0 amide bonds. The van der Waals surface area contributed by atoms with Gasteiger partial charge >= 0.3 is 17.9 Å². The summed E-state index contributed by atoms with van der Waals surface area (Å²) in [4.78, 5) is 37.8. The van der Waals surface area contributed by atoms with E-state index in [1.807, 2.05) is 0 Å². The van der Waals surface area contributed by atoms with E-state index in [2.05, 4.69) is 93.7 Å². The Balaban J connectivity index is 4.45. The summed E-state index contributed by atoms with van der Waals surface area (Å²) in [6.07, 6.45) is 57.4. The van der Waals surface area contributed by atoms with Crippen molar-refractivity contribution in [3.63, 3.8) is 0 Å². The van der Waals surface area contributed by atoms with E-state index < -0.39 is 6.10 Å². The van der Waals surface area contributed by atoms with E-state index in [-0.39, 0.29) is 31.1 Å². The van der Waals surface area contributed by atoms with Crippen LogP contribution in [0.4, 0.5) is 0 Å². The van der Waals surface area contributed by atoms with Crippen molar-refractivity contribution in [2.75, 3.05) is 13.2 Å². The molecule has 0 saturated heterocycles. The van der Waals surface area contributed by atoms with E-state index in [0.717, 1.165) is 116 Å². The number of unbranched alkanes of at least 4 members (excludes halogenated alkanes) is 21. The molecule has 0 aromatic carbocycles. The molecule has 0 aromatic rings. The SMILES string of the molecule is CC\C=C/C=C\C=C/CCCCCCCC(=O)OC(COC(=O)CCCCC/C=C\CCCCCCCC)COC(=O)CCCCCCCCC/C=C\C/C=C\CC. The topological polar surface area (TPSA) is 78.9 Å². The van der Waals surface area contributed by atoms with E-state index in [0.29, 0.717) is 19.3 Å². The van der Waals surface area contributed by atoms with Gasteiger partial charge in [-0.05, 0) is 89.9 Å². The minimum Gasteiger partial charge on any atom is -0.462 e. The van der Waals surface area contributed by atoms with Crippen molar-refractivity contribution in [1.82, 2.24) is 0 Å². The van der Waals surface area contributed by atoms with Gasteiger partial charge < -0.3 is 14.2 Å². The zero-order chi connectivity index (χ0) is 42.3. The van der Waals surface area contributed by atoms with Crippen molar-refractivity contribution in [2.45, 2.75) is 226 Å². The van der Waals surface area contributed by atoms with Crippen LogP contribution in [0.1, 0.15) is 220 Å². The molecule has 1 atom stereocenters. The summed E-state index contributed by atoms with van der Waals surface area (Å²) in [5, 5.41) is 0. The van der Waals surface area contributed by atoms with Gasteiger partial charge in [-0.1, -0.05) is 184 Å². The maximum Gasteiger partial charge on any atom is 0.306 e. The largest absolute Gasteiger partial charge is 0.462 e. The predicted molar refractivity (Wildman–Crippen MR) is 247 cm³/mol. The first kappa shape index (κ1) is 54.9. The Labute approximate surface area is 357 Å². The lowest BCUT2D eigenvalue weighted by Gasteiger charge is -2.18. The Kier molecular flexibility index (Phi) is 44.0. The zero-order valence-electron chi connectivity index (χ0n) is 37.8. The monoisotopic (exact) mass is 809 g/mol. The average Bonchev–Trinajstić information content (AvgIpc) is 3.22. The number of allylic oxidation sites excluding steroid dienone is 12. The van der Waals surface area contributed by atoms with E-state index >= 15 is 0 Å². The molecule has 6 nitrogen and oxygen atoms in total. The molecule has 6 heteroatoms. The van der Waals surface area contributed by atoms with Crippen molar-refractivity contribution < 1.29 is 28.6 Å². The minimum atomic E-state index is -0.793. The maximum atomic E-state index is 12.7. The molecule has 0 radical (unpaired) electrons. The molecule has 0 aromatic heterocycles. The second-order valence-electron chi connectivity index (χ2n) is 15.7. The van der Waals surface area contributed by atoms with Gasteiger partial charge in [-0.2, -0.15) is 0 Å². The molecule has 0 spiro atoms. The molecule has 0 bridgehead atoms. The molecular formula is C52H88O6. The van der Waals surface area contributed by atoms with Gasteiger partial charge in [-0.3, -0.25) is 14.4 Å². The normalized spacial score (nSPS) is 12.7. The first-order chi connectivity index (χ1) is 28.5. The van der Waals surface area contributed by atoms with Crippen LogP contribution in [-0.4, -0.2) is 37.2 Å². The van der Waals surface area contributed by atoms with E-state index in [4.69, 9.17) is 14.2 Å². The lowest BCUT2D eigenvalue weighted by atomic mass is 10.1. The van der Waals surface area contributed by atoms with Crippen molar-refractivity contribution >= 4 is 17.9 Å². The summed E-state index contributed by atoms with van der Waals surface area (Å²) in [6, 6.07) is 0. The summed E-state index contributed by atoms with van der Waals surface area (Å²) in [7, 11) is 0. The lowest BCUT2D eigenvalue weighted by molar-refractivity contribution is -0.167. The molecule has 0 aliphatic heterocycles.